The number of likely N-dealkylation sites (N-methyl/N-ethyl adjacent to an activating group) is 1. The molecule has 1 aromatic heterocycles. The van der Waals surface area contributed by atoms with Crippen molar-refractivity contribution in [3.8, 4) is 0 Å². The summed E-state index contributed by atoms with van der Waals surface area (Å²) in [5.41, 5.74) is 2.47. The third-order valence-corrected chi connectivity index (χ3v) is 3.32. The molecule has 120 valence electrons. The molecule has 4 nitrogen and oxygen atoms in total. The van der Waals surface area contributed by atoms with E-state index in [4.69, 9.17) is 0 Å². The van der Waals surface area contributed by atoms with Crippen LogP contribution < -0.4 is 5.32 Å². The van der Waals surface area contributed by atoms with Gasteiger partial charge in [-0.3, -0.25) is 4.68 Å². The highest BCUT2D eigenvalue weighted by atomic mass is 35.5. The molecule has 0 aromatic carbocycles. The molecule has 6 heteroatoms. The van der Waals surface area contributed by atoms with Crippen LogP contribution in [-0.2, 0) is 13.1 Å². The summed E-state index contributed by atoms with van der Waals surface area (Å²) in [4.78, 5) is 2.43. The van der Waals surface area contributed by atoms with Crippen LogP contribution in [0.15, 0.2) is 6.20 Å². The number of halogens is 2. The van der Waals surface area contributed by atoms with Crippen LogP contribution >= 0.6 is 24.8 Å². The maximum Gasteiger partial charge on any atom is 0.0638 e. The summed E-state index contributed by atoms with van der Waals surface area (Å²) in [7, 11) is 0. The maximum absolute atomic E-state index is 4.51. The van der Waals surface area contributed by atoms with E-state index in [-0.39, 0.29) is 24.8 Å². The zero-order valence-corrected chi connectivity index (χ0v) is 14.8. The van der Waals surface area contributed by atoms with Crippen molar-refractivity contribution in [3.63, 3.8) is 0 Å². The predicted molar refractivity (Wildman–Crippen MR) is 91.2 cm³/mol. The Morgan fingerprint density at radius 2 is 1.85 bits per heavy atom. The van der Waals surface area contributed by atoms with Crippen LogP contribution in [0.5, 0.6) is 0 Å². The van der Waals surface area contributed by atoms with Crippen LogP contribution in [0.1, 0.15) is 38.4 Å². The van der Waals surface area contributed by atoms with Crippen LogP contribution in [0.25, 0.3) is 0 Å². The number of nitrogens with zero attached hydrogens (tertiary/aromatic N) is 3. The normalized spacial score (nSPS) is 10.2. The van der Waals surface area contributed by atoms with Crippen molar-refractivity contribution in [1.82, 2.24) is 20.0 Å². The van der Waals surface area contributed by atoms with Gasteiger partial charge in [0.05, 0.1) is 5.69 Å². The minimum absolute atomic E-state index is 0. The molecule has 0 amide bonds. The van der Waals surface area contributed by atoms with Crippen LogP contribution in [0.2, 0.25) is 0 Å². The van der Waals surface area contributed by atoms with Gasteiger partial charge in [-0.05, 0) is 26.4 Å². The first kappa shape index (κ1) is 22.0. The number of rotatable bonds is 9. The first-order valence-electron chi connectivity index (χ1n) is 7.17. The van der Waals surface area contributed by atoms with Crippen molar-refractivity contribution in [3.05, 3.63) is 17.5 Å². The molecule has 20 heavy (non-hydrogen) atoms. The standard InChI is InChI=1S/C14H28N4.2ClH/c1-5-9-18-12-14(13(4)16-18)11-15-8-10-17(6-2)7-3;;/h12,15H,5-11H2,1-4H3;2*1H. The largest absolute Gasteiger partial charge is 0.311 e. The second-order valence-electron chi connectivity index (χ2n) is 4.71. The van der Waals surface area contributed by atoms with Crippen molar-refractivity contribution in [2.75, 3.05) is 26.2 Å². The van der Waals surface area contributed by atoms with E-state index in [2.05, 4.69) is 53.9 Å². The molecule has 0 bridgehead atoms. The molecule has 0 atom stereocenters. The lowest BCUT2D eigenvalue weighted by Crippen LogP contribution is -2.31. The highest BCUT2D eigenvalue weighted by Gasteiger charge is 2.04. The number of hydrogen-bond acceptors (Lipinski definition) is 3. The van der Waals surface area contributed by atoms with E-state index in [9.17, 15) is 0 Å². The zero-order valence-electron chi connectivity index (χ0n) is 13.2. The Balaban J connectivity index is 0. The van der Waals surface area contributed by atoms with Crippen LogP contribution in [0, 0.1) is 6.92 Å². The molecular formula is C14H30Cl2N4. The summed E-state index contributed by atoms with van der Waals surface area (Å²) in [6.07, 6.45) is 3.30. The molecule has 0 unspecified atom stereocenters. The molecule has 0 radical (unpaired) electrons. The second-order valence-corrected chi connectivity index (χ2v) is 4.71. The molecule has 0 saturated carbocycles. The summed E-state index contributed by atoms with van der Waals surface area (Å²) in [5, 5.41) is 8.01. The molecule has 1 N–H and O–H groups in total. The van der Waals surface area contributed by atoms with E-state index < -0.39 is 0 Å². The molecule has 0 aliphatic carbocycles. The van der Waals surface area contributed by atoms with Crippen LogP contribution in [0.3, 0.4) is 0 Å². The van der Waals surface area contributed by atoms with E-state index >= 15 is 0 Å². The summed E-state index contributed by atoms with van der Waals surface area (Å²) >= 11 is 0. The molecule has 1 aromatic rings. The van der Waals surface area contributed by atoms with Crippen molar-refractivity contribution in [2.45, 2.75) is 47.2 Å². The van der Waals surface area contributed by atoms with E-state index in [0.29, 0.717) is 0 Å². The number of aryl methyl sites for hydroxylation is 2. The van der Waals surface area contributed by atoms with Crippen molar-refractivity contribution in [2.24, 2.45) is 0 Å². The molecular weight excluding hydrogens is 295 g/mol. The smallest absolute Gasteiger partial charge is 0.0638 e. The van der Waals surface area contributed by atoms with Crippen molar-refractivity contribution >= 4 is 24.8 Å². The van der Waals surface area contributed by atoms with Crippen LogP contribution in [0.4, 0.5) is 0 Å². The van der Waals surface area contributed by atoms with Gasteiger partial charge < -0.3 is 10.2 Å². The number of aromatic nitrogens is 2. The lowest BCUT2D eigenvalue weighted by Gasteiger charge is -2.17. The Kier molecular flexibility index (Phi) is 13.7. The molecule has 1 heterocycles. The van der Waals surface area contributed by atoms with E-state index in [1.54, 1.807) is 0 Å². The Morgan fingerprint density at radius 3 is 2.40 bits per heavy atom. The topological polar surface area (TPSA) is 33.1 Å². The van der Waals surface area contributed by atoms with Gasteiger partial charge >= 0.3 is 0 Å². The third kappa shape index (κ3) is 7.48. The molecule has 1 rings (SSSR count). The lowest BCUT2D eigenvalue weighted by molar-refractivity contribution is 0.302. The van der Waals surface area contributed by atoms with E-state index in [0.717, 1.165) is 51.4 Å². The maximum atomic E-state index is 4.51. The number of nitrogens with one attached hydrogen (secondary N) is 1. The Morgan fingerprint density at radius 1 is 1.20 bits per heavy atom. The molecule has 0 spiro atoms. The fourth-order valence-electron chi connectivity index (χ4n) is 2.08. The SMILES string of the molecule is CCCn1cc(CNCCN(CC)CC)c(C)n1.Cl.Cl. The average Bonchev–Trinajstić information content (AvgIpc) is 2.71. The summed E-state index contributed by atoms with van der Waals surface area (Å²) in [6, 6.07) is 0. The Hall–Kier alpha value is -0.290. The van der Waals surface area contributed by atoms with Gasteiger partial charge in [0, 0.05) is 37.9 Å². The van der Waals surface area contributed by atoms with Crippen molar-refractivity contribution in [1.29, 1.82) is 0 Å². The van der Waals surface area contributed by atoms with Gasteiger partial charge in [0.25, 0.3) is 0 Å². The summed E-state index contributed by atoms with van der Waals surface area (Å²) in [6.45, 7) is 15.1. The quantitative estimate of drug-likeness (QED) is 0.709. The van der Waals surface area contributed by atoms with Gasteiger partial charge in [-0.25, -0.2) is 0 Å². The number of hydrogen-bond donors (Lipinski definition) is 1. The molecule has 0 fully saturated rings. The average molecular weight is 325 g/mol. The van der Waals surface area contributed by atoms with Gasteiger partial charge in [0.2, 0.25) is 0 Å². The highest BCUT2D eigenvalue weighted by Crippen LogP contribution is 2.05. The zero-order chi connectivity index (χ0) is 13.4. The van der Waals surface area contributed by atoms with Crippen LogP contribution in [-0.4, -0.2) is 40.9 Å². The van der Waals surface area contributed by atoms with Gasteiger partial charge in [0.1, 0.15) is 0 Å². The van der Waals surface area contributed by atoms with Crippen molar-refractivity contribution < 1.29 is 0 Å². The second kappa shape index (κ2) is 12.5. The molecule has 0 aliphatic heterocycles. The monoisotopic (exact) mass is 324 g/mol. The molecule has 0 aliphatic rings. The first-order chi connectivity index (χ1) is 8.71. The predicted octanol–water partition coefficient (Wildman–Crippen LogP) is 2.88. The van der Waals surface area contributed by atoms with Gasteiger partial charge in [-0.15, -0.1) is 24.8 Å². The highest BCUT2D eigenvalue weighted by molar-refractivity contribution is 5.85. The minimum atomic E-state index is 0. The van der Waals surface area contributed by atoms with Gasteiger partial charge in [-0.1, -0.05) is 20.8 Å². The summed E-state index contributed by atoms with van der Waals surface area (Å²) in [5.74, 6) is 0. The first-order valence-corrected chi connectivity index (χ1v) is 7.17. The minimum Gasteiger partial charge on any atom is -0.311 e. The lowest BCUT2D eigenvalue weighted by atomic mass is 10.2. The third-order valence-electron chi connectivity index (χ3n) is 3.32. The Bertz CT molecular complexity index is 338. The Labute approximate surface area is 136 Å². The fraction of sp³-hybridized carbons (Fsp3) is 0.786. The van der Waals surface area contributed by atoms with E-state index in [1.807, 2.05) is 0 Å². The summed E-state index contributed by atoms with van der Waals surface area (Å²) < 4.78 is 2.05. The molecule has 0 saturated heterocycles. The fourth-order valence-corrected chi connectivity index (χ4v) is 2.08. The van der Waals surface area contributed by atoms with Gasteiger partial charge in [-0.2, -0.15) is 5.10 Å². The van der Waals surface area contributed by atoms with Gasteiger partial charge in [0.15, 0.2) is 0 Å². The van der Waals surface area contributed by atoms with E-state index in [1.165, 1.54) is 5.56 Å².